The average molecular weight is 207 g/mol. The van der Waals surface area contributed by atoms with Gasteiger partial charge in [0.15, 0.2) is 0 Å². The zero-order valence-corrected chi connectivity index (χ0v) is 9.14. The molecule has 2 rings (SSSR count). The number of aromatic nitrogens is 2. The Labute approximate surface area is 87.0 Å². The summed E-state index contributed by atoms with van der Waals surface area (Å²) in [6.45, 7) is 4.67. The number of nitrogens with zero attached hydrogens (tertiary/aromatic N) is 2. The Bertz CT molecular complexity index is 447. The first-order valence-corrected chi connectivity index (χ1v) is 5.42. The monoisotopic (exact) mass is 207 g/mol. The first kappa shape index (κ1) is 9.55. The molecule has 0 fully saturated rings. The van der Waals surface area contributed by atoms with E-state index in [1.807, 2.05) is 17.6 Å². The molecular weight excluding hydrogens is 194 g/mol. The molecule has 2 aromatic heterocycles. The normalized spacial score (nSPS) is 12.2. The molecule has 0 amide bonds. The summed E-state index contributed by atoms with van der Waals surface area (Å²) in [7, 11) is 0. The van der Waals surface area contributed by atoms with Gasteiger partial charge < -0.3 is 5.73 Å². The van der Waals surface area contributed by atoms with Crippen LogP contribution in [0.25, 0.3) is 10.2 Å². The van der Waals surface area contributed by atoms with E-state index >= 15 is 0 Å². The predicted molar refractivity (Wildman–Crippen MR) is 59.5 cm³/mol. The minimum absolute atomic E-state index is 0.143. The van der Waals surface area contributed by atoms with Crippen LogP contribution >= 0.6 is 11.3 Å². The van der Waals surface area contributed by atoms with Crippen molar-refractivity contribution in [3.8, 4) is 0 Å². The third-order valence-electron chi connectivity index (χ3n) is 2.32. The minimum atomic E-state index is -0.143. The molecule has 0 unspecified atom stereocenters. The number of rotatable bonds is 2. The first-order chi connectivity index (χ1) is 6.63. The van der Waals surface area contributed by atoms with Gasteiger partial charge in [0, 0.05) is 18.2 Å². The molecule has 2 heterocycles. The highest BCUT2D eigenvalue weighted by Crippen LogP contribution is 2.22. The van der Waals surface area contributed by atoms with Gasteiger partial charge in [0.2, 0.25) is 0 Å². The van der Waals surface area contributed by atoms with Gasteiger partial charge in [-0.3, -0.25) is 0 Å². The predicted octanol–water partition coefficient (Wildman–Crippen LogP) is 1.93. The summed E-state index contributed by atoms with van der Waals surface area (Å²) in [4.78, 5) is 8.84. The second kappa shape index (κ2) is 3.29. The van der Waals surface area contributed by atoms with E-state index in [0.717, 1.165) is 16.0 Å². The molecule has 2 N–H and O–H groups in total. The highest BCUT2D eigenvalue weighted by molar-refractivity contribution is 7.17. The van der Waals surface area contributed by atoms with Crippen LogP contribution in [0.1, 0.15) is 19.7 Å². The maximum absolute atomic E-state index is 5.68. The average Bonchev–Trinajstić information content (AvgIpc) is 2.64. The molecule has 14 heavy (non-hydrogen) atoms. The number of nitrogens with two attached hydrogens (primary N) is 1. The summed E-state index contributed by atoms with van der Waals surface area (Å²) >= 11 is 1.66. The SMILES string of the molecule is CC(C)(CN)c1ncc2sccc2n1. The molecule has 0 aliphatic heterocycles. The van der Waals surface area contributed by atoms with Crippen molar-refractivity contribution in [3.63, 3.8) is 0 Å². The van der Waals surface area contributed by atoms with Crippen LogP contribution in [0.3, 0.4) is 0 Å². The topological polar surface area (TPSA) is 51.8 Å². The molecule has 0 aromatic carbocycles. The van der Waals surface area contributed by atoms with E-state index in [2.05, 4.69) is 23.8 Å². The van der Waals surface area contributed by atoms with Crippen molar-refractivity contribution in [3.05, 3.63) is 23.5 Å². The van der Waals surface area contributed by atoms with Crippen LogP contribution in [0, 0.1) is 0 Å². The van der Waals surface area contributed by atoms with Crippen molar-refractivity contribution in [2.45, 2.75) is 19.3 Å². The summed E-state index contributed by atoms with van der Waals surface area (Å²) in [5.41, 5.74) is 6.55. The zero-order valence-electron chi connectivity index (χ0n) is 8.32. The second-order valence-electron chi connectivity index (χ2n) is 3.95. The minimum Gasteiger partial charge on any atom is -0.329 e. The van der Waals surface area contributed by atoms with Crippen LogP contribution in [-0.4, -0.2) is 16.5 Å². The molecule has 0 saturated carbocycles. The molecule has 3 nitrogen and oxygen atoms in total. The standard InChI is InChI=1S/C10H13N3S/c1-10(2,6-11)9-12-5-8-7(13-9)3-4-14-8/h3-5H,6,11H2,1-2H3. The Morgan fingerprint density at radius 3 is 3.00 bits per heavy atom. The molecule has 0 bridgehead atoms. The van der Waals surface area contributed by atoms with E-state index in [1.165, 1.54) is 0 Å². The summed E-state index contributed by atoms with van der Waals surface area (Å²) in [5, 5.41) is 2.03. The van der Waals surface area contributed by atoms with E-state index in [1.54, 1.807) is 11.3 Å². The molecule has 4 heteroatoms. The molecule has 0 radical (unpaired) electrons. The fourth-order valence-corrected chi connectivity index (χ4v) is 1.87. The third kappa shape index (κ3) is 1.51. The number of fused-ring (bicyclic) bond motifs is 1. The molecule has 0 aliphatic rings. The largest absolute Gasteiger partial charge is 0.329 e. The van der Waals surface area contributed by atoms with E-state index in [4.69, 9.17) is 5.73 Å². The summed E-state index contributed by atoms with van der Waals surface area (Å²) in [6.07, 6.45) is 1.87. The van der Waals surface area contributed by atoms with E-state index < -0.39 is 0 Å². The molecular formula is C10H13N3S. The van der Waals surface area contributed by atoms with Crippen molar-refractivity contribution in [1.29, 1.82) is 0 Å². The highest BCUT2D eigenvalue weighted by Gasteiger charge is 2.22. The van der Waals surface area contributed by atoms with Crippen molar-refractivity contribution < 1.29 is 0 Å². The summed E-state index contributed by atoms with van der Waals surface area (Å²) < 4.78 is 1.13. The highest BCUT2D eigenvalue weighted by atomic mass is 32.1. The Kier molecular flexibility index (Phi) is 2.25. The number of hydrogen-bond acceptors (Lipinski definition) is 4. The van der Waals surface area contributed by atoms with Crippen molar-refractivity contribution in [1.82, 2.24) is 9.97 Å². The van der Waals surface area contributed by atoms with Crippen LogP contribution in [-0.2, 0) is 5.41 Å². The van der Waals surface area contributed by atoms with Gasteiger partial charge in [-0.1, -0.05) is 13.8 Å². The summed E-state index contributed by atoms with van der Waals surface area (Å²) in [5.74, 6) is 0.825. The summed E-state index contributed by atoms with van der Waals surface area (Å²) in [6, 6.07) is 2.01. The van der Waals surface area contributed by atoms with Gasteiger partial charge in [0.05, 0.1) is 10.2 Å². The van der Waals surface area contributed by atoms with Gasteiger partial charge in [0.25, 0.3) is 0 Å². The van der Waals surface area contributed by atoms with Gasteiger partial charge in [-0.25, -0.2) is 9.97 Å². The number of hydrogen-bond donors (Lipinski definition) is 1. The second-order valence-corrected chi connectivity index (χ2v) is 4.90. The lowest BCUT2D eigenvalue weighted by Gasteiger charge is -2.19. The third-order valence-corrected chi connectivity index (χ3v) is 3.16. The maximum atomic E-state index is 5.68. The van der Waals surface area contributed by atoms with Gasteiger partial charge in [0.1, 0.15) is 5.82 Å². The van der Waals surface area contributed by atoms with E-state index in [0.29, 0.717) is 6.54 Å². The zero-order chi connectivity index (χ0) is 10.2. The van der Waals surface area contributed by atoms with E-state index in [9.17, 15) is 0 Å². The van der Waals surface area contributed by atoms with Crippen molar-refractivity contribution >= 4 is 21.6 Å². The Morgan fingerprint density at radius 2 is 2.29 bits per heavy atom. The Hall–Kier alpha value is -1.00. The lowest BCUT2D eigenvalue weighted by atomic mass is 9.93. The van der Waals surface area contributed by atoms with Gasteiger partial charge in [-0.2, -0.15) is 0 Å². The maximum Gasteiger partial charge on any atom is 0.135 e. The first-order valence-electron chi connectivity index (χ1n) is 4.54. The van der Waals surface area contributed by atoms with Gasteiger partial charge in [-0.05, 0) is 11.4 Å². The van der Waals surface area contributed by atoms with Crippen LogP contribution in [0.5, 0.6) is 0 Å². The van der Waals surface area contributed by atoms with Gasteiger partial charge in [-0.15, -0.1) is 11.3 Å². The quantitative estimate of drug-likeness (QED) is 0.818. The lowest BCUT2D eigenvalue weighted by molar-refractivity contribution is 0.505. The van der Waals surface area contributed by atoms with Crippen LogP contribution in [0.4, 0.5) is 0 Å². The molecule has 0 saturated heterocycles. The lowest BCUT2D eigenvalue weighted by Crippen LogP contribution is -2.30. The molecule has 0 spiro atoms. The number of thiophene rings is 1. The fourth-order valence-electron chi connectivity index (χ4n) is 1.18. The van der Waals surface area contributed by atoms with Crippen LogP contribution in [0.15, 0.2) is 17.6 Å². The molecule has 2 aromatic rings. The van der Waals surface area contributed by atoms with Crippen molar-refractivity contribution in [2.24, 2.45) is 5.73 Å². The smallest absolute Gasteiger partial charge is 0.135 e. The molecule has 74 valence electrons. The van der Waals surface area contributed by atoms with E-state index in [-0.39, 0.29) is 5.41 Å². The van der Waals surface area contributed by atoms with Crippen LogP contribution < -0.4 is 5.73 Å². The fraction of sp³-hybridized carbons (Fsp3) is 0.400. The molecule has 0 atom stereocenters. The van der Waals surface area contributed by atoms with Crippen molar-refractivity contribution in [2.75, 3.05) is 6.54 Å². The Balaban J connectivity index is 2.53. The van der Waals surface area contributed by atoms with Crippen LogP contribution in [0.2, 0.25) is 0 Å². The van der Waals surface area contributed by atoms with Gasteiger partial charge >= 0.3 is 0 Å². The molecule has 0 aliphatic carbocycles. The Morgan fingerprint density at radius 1 is 1.50 bits per heavy atom.